The molecule has 1 fully saturated rings. The summed E-state index contributed by atoms with van der Waals surface area (Å²) in [5.74, 6) is 0.924. The van der Waals surface area contributed by atoms with E-state index in [4.69, 9.17) is 4.42 Å². The second kappa shape index (κ2) is 9.43. The van der Waals surface area contributed by atoms with Gasteiger partial charge in [0.2, 0.25) is 5.36 Å². The Morgan fingerprint density at radius 2 is 1.74 bits per heavy atom. The largest absolute Gasteiger partial charge is 0.456 e. The molecule has 1 N–H and O–H groups in total. The number of fused-ring (bicyclic) bond motifs is 2. The first-order valence-electron chi connectivity index (χ1n) is 12.2. The van der Waals surface area contributed by atoms with Crippen molar-refractivity contribution in [3.8, 4) is 22.5 Å². The molecule has 34 heavy (non-hydrogen) atoms. The molecule has 2 aliphatic heterocycles. The van der Waals surface area contributed by atoms with Crippen molar-refractivity contribution in [2.45, 2.75) is 20.8 Å². The van der Waals surface area contributed by atoms with Crippen molar-refractivity contribution in [2.24, 2.45) is 0 Å². The van der Waals surface area contributed by atoms with Crippen LogP contribution in [0.3, 0.4) is 0 Å². The number of carbonyl (C=O) groups excluding carboxylic acids is 1. The van der Waals surface area contributed by atoms with Gasteiger partial charge in [-0.05, 0) is 50.1 Å². The molecule has 5 rings (SSSR count). The van der Waals surface area contributed by atoms with Crippen molar-refractivity contribution in [3.63, 3.8) is 0 Å². The first-order valence-corrected chi connectivity index (χ1v) is 12.2. The smallest absolute Gasteiger partial charge is 0.254 e. The monoisotopic (exact) mass is 454 g/mol. The van der Waals surface area contributed by atoms with Crippen LogP contribution < -0.4 is 15.2 Å². The van der Waals surface area contributed by atoms with Gasteiger partial charge < -0.3 is 14.6 Å². The van der Waals surface area contributed by atoms with E-state index in [0.717, 1.165) is 89.2 Å². The van der Waals surface area contributed by atoms with E-state index >= 15 is 0 Å². The van der Waals surface area contributed by atoms with Gasteiger partial charge in [0.1, 0.15) is 24.4 Å². The summed E-state index contributed by atoms with van der Waals surface area (Å²) in [4.78, 5) is 15.6. The maximum atomic E-state index is 13.6. The van der Waals surface area contributed by atoms with Crippen LogP contribution in [0.5, 0.6) is 0 Å². The number of benzene rings is 3. The number of nitrogens with zero attached hydrogens (tertiary/aromatic N) is 2. The number of hydrogen-bond acceptors (Lipinski definition) is 3. The Balaban J connectivity index is 1.80. The average Bonchev–Trinajstić information content (AvgIpc) is 2.88. The molecule has 0 unspecified atom stereocenters. The lowest BCUT2D eigenvalue weighted by molar-refractivity contribution is 0.0736. The van der Waals surface area contributed by atoms with E-state index in [1.54, 1.807) is 0 Å². The molecular weight excluding hydrogens is 422 g/mol. The number of carbonyl (C=O) groups is 1. The van der Waals surface area contributed by atoms with Gasteiger partial charge in [-0.2, -0.15) is 0 Å². The van der Waals surface area contributed by atoms with E-state index < -0.39 is 0 Å². The second-order valence-electron chi connectivity index (χ2n) is 8.92. The highest BCUT2D eigenvalue weighted by Gasteiger charge is 2.25. The van der Waals surface area contributed by atoms with Gasteiger partial charge in [-0.15, -0.1) is 0 Å². The van der Waals surface area contributed by atoms with Crippen molar-refractivity contribution >= 4 is 16.9 Å². The third-order valence-electron chi connectivity index (χ3n) is 6.82. The van der Waals surface area contributed by atoms with E-state index in [2.05, 4.69) is 73.1 Å². The molecule has 0 aromatic heterocycles. The van der Waals surface area contributed by atoms with Gasteiger partial charge in [0.15, 0.2) is 0 Å². The van der Waals surface area contributed by atoms with Gasteiger partial charge in [0, 0.05) is 54.3 Å². The minimum Gasteiger partial charge on any atom is -0.456 e. The van der Waals surface area contributed by atoms with Gasteiger partial charge in [0.05, 0.1) is 6.07 Å². The van der Waals surface area contributed by atoms with Crippen LogP contribution in [0.1, 0.15) is 29.8 Å². The third kappa shape index (κ3) is 4.01. The topological polar surface area (TPSA) is 48.5 Å². The summed E-state index contributed by atoms with van der Waals surface area (Å²) in [7, 11) is 0. The summed E-state index contributed by atoms with van der Waals surface area (Å²) < 4.78 is 8.77. The van der Waals surface area contributed by atoms with Gasteiger partial charge in [-0.25, -0.2) is 4.58 Å². The molecule has 3 aliphatic rings. The van der Waals surface area contributed by atoms with E-state index in [9.17, 15) is 4.79 Å². The van der Waals surface area contributed by atoms with Gasteiger partial charge in [0.25, 0.3) is 5.91 Å². The summed E-state index contributed by atoms with van der Waals surface area (Å²) >= 11 is 0. The molecule has 0 spiro atoms. The van der Waals surface area contributed by atoms with Crippen molar-refractivity contribution in [1.82, 2.24) is 14.8 Å². The zero-order chi connectivity index (χ0) is 23.7. The van der Waals surface area contributed by atoms with Crippen molar-refractivity contribution in [1.29, 1.82) is 0 Å². The van der Waals surface area contributed by atoms with E-state index in [1.807, 2.05) is 23.1 Å². The fraction of sp³-hybridized carbons (Fsp3) is 0.310. The number of nitrogens with one attached hydrogen (secondary N) is 1. The fourth-order valence-electron chi connectivity index (χ4n) is 4.99. The lowest BCUT2D eigenvalue weighted by atomic mass is 9.90. The molecule has 0 bridgehead atoms. The summed E-state index contributed by atoms with van der Waals surface area (Å²) in [6.07, 6.45) is 0. The quantitative estimate of drug-likeness (QED) is 0.368. The molecule has 0 atom stereocenters. The molecule has 1 amide bonds. The van der Waals surface area contributed by atoms with Crippen molar-refractivity contribution in [3.05, 3.63) is 77.1 Å². The number of rotatable bonds is 4. The maximum Gasteiger partial charge on any atom is 0.254 e. The van der Waals surface area contributed by atoms with Crippen LogP contribution in [0.4, 0.5) is 0 Å². The van der Waals surface area contributed by atoms with E-state index in [-0.39, 0.29) is 5.91 Å². The van der Waals surface area contributed by atoms with Crippen LogP contribution in [-0.2, 0) is 0 Å². The van der Waals surface area contributed by atoms with Crippen LogP contribution in [0.15, 0.2) is 65.1 Å². The number of amides is 1. The standard InChI is InChI=1S/C29H32N3O2/c1-4-31(5-2)21-11-13-25-27(19-21)34-26-18-20(3)10-12-24(26)28(25)22-8-6-7-9-23(22)29(33)32-16-14-30-15-17-32/h6-13,18-19,30H,4-5,14-17H2,1-3H3/q+1. The Labute approximate surface area is 200 Å². The summed E-state index contributed by atoms with van der Waals surface area (Å²) in [6.45, 7) is 11.4. The van der Waals surface area contributed by atoms with Crippen LogP contribution in [0.2, 0.25) is 0 Å². The molecule has 0 saturated carbocycles. The number of aryl methyl sites for hydroxylation is 1. The molecule has 174 valence electrons. The van der Waals surface area contributed by atoms with Gasteiger partial charge in [-0.1, -0.05) is 30.3 Å². The molecule has 1 saturated heterocycles. The predicted molar refractivity (Wildman–Crippen MR) is 138 cm³/mol. The van der Waals surface area contributed by atoms with Crippen LogP contribution in [0.25, 0.3) is 33.4 Å². The second-order valence-corrected chi connectivity index (χ2v) is 8.92. The molecule has 2 aromatic carbocycles. The Morgan fingerprint density at radius 1 is 0.971 bits per heavy atom. The Hall–Kier alpha value is -3.44. The third-order valence-corrected chi connectivity index (χ3v) is 6.82. The molecular formula is C29H32N3O2+. The van der Waals surface area contributed by atoms with Crippen LogP contribution in [0, 0.1) is 6.92 Å². The van der Waals surface area contributed by atoms with Gasteiger partial charge in [-0.3, -0.25) is 4.79 Å². The highest BCUT2D eigenvalue weighted by atomic mass is 16.3. The minimum atomic E-state index is 0.0889. The van der Waals surface area contributed by atoms with Crippen LogP contribution >= 0.6 is 0 Å². The SMILES string of the molecule is CC[N+](CC)=c1ccc2c(-c3ccccc3C(=O)N3CCNCC3)c3ccc(C)cc3oc-2c1. The Morgan fingerprint density at radius 3 is 2.50 bits per heavy atom. The minimum absolute atomic E-state index is 0.0889. The highest BCUT2D eigenvalue weighted by molar-refractivity contribution is 6.09. The maximum absolute atomic E-state index is 13.6. The lowest BCUT2D eigenvalue weighted by Gasteiger charge is -2.28. The zero-order valence-electron chi connectivity index (χ0n) is 20.2. The number of piperazine rings is 1. The molecule has 2 heterocycles. The van der Waals surface area contributed by atoms with Crippen molar-refractivity contribution < 1.29 is 9.21 Å². The molecule has 5 nitrogen and oxygen atoms in total. The highest BCUT2D eigenvalue weighted by Crippen LogP contribution is 2.41. The summed E-state index contributed by atoms with van der Waals surface area (Å²) in [6, 6.07) is 20.8. The summed E-state index contributed by atoms with van der Waals surface area (Å²) in [5.41, 5.74) is 5.76. The zero-order valence-corrected chi connectivity index (χ0v) is 20.2. The molecule has 1 aliphatic carbocycles. The van der Waals surface area contributed by atoms with Gasteiger partial charge >= 0.3 is 0 Å². The summed E-state index contributed by atoms with van der Waals surface area (Å²) in [5, 5.41) is 5.50. The Kier molecular flexibility index (Phi) is 6.20. The van der Waals surface area contributed by atoms with E-state index in [1.165, 1.54) is 0 Å². The lowest BCUT2D eigenvalue weighted by Crippen LogP contribution is -2.46. The molecule has 5 heteroatoms. The van der Waals surface area contributed by atoms with Crippen LogP contribution in [-0.4, -0.2) is 50.1 Å². The van der Waals surface area contributed by atoms with Crippen molar-refractivity contribution in [2.75, 3.05) is 39.3 Å². The molecule has 0 radical (unpaired) electrons. The Bertz CT molecular complexity index is 1390. The molecule has 2 aromatic rings. The predicted octanol–water partition coefficient (Wildman–Crippen LogP) is 4.37. The first kappa shape index (κ1) is 22.4. The fourth-order valence-corrected chi connectivity index (χ4v) is 4.99. The number of hydrogen-bond donors (Lipinski definition) is 1. The first-order chi connectivity index (χ1) is 16.6. The normalized spacial score (nSPS) is 14.0. The average molecular weight is 455 g/mol. The van der Waals surface area contributed by atoms with E-state index in [0.29, 0.717) is 0 Å².